The lowest BCUT2D eigenvalue weighted by Crippen LogP contribution is -2.39. The van der Waals surface area contributed by atoms with Crippen LogP contribution in [0.5, 0.6) is 0 Å². The highest BCUT2D eigenvalue weighted by Gasteiger charge is 2.14. The predicted octanol–water partition coefficient (Wildman–Crippen LogP) is 3.30. The summed E-state index contributed by atoms with van der Waals surface area (Å²) in [5.41, 5.74) is 0. The monoisotopic (exact) mass is 203 g/mol. The molecule has 2 unspecified atom stereocenters. The molecule has 0 saturated carbocycles. The van der Waals surface area contributed by atoms with E-state index < -0.39 is 0 Å². The molecule has 0 radical (unpaired) electrons. The third-order valence-corrected chi connectivity index (χ3v) is 2.47. The Kier molecular flexibility index (Phi) is 7.39. The Bertz CT molecular complexity index is 145. The van der Waals surface area contributed by atoms with Gasteiger partial charge in [-0.05, 0) is 26.2 Å². The first-order chi connectivity index (χ1) is 5.83. The maximum absolute atomic E-state index is 3.59. The number of nitrogens with one attached hydrogen (secondary N) is 1. The Morgan fingerprint density at radius 3 is 2.77 bits per heavy atom. The van der Waals surface area contributed by atoms with E-state index in [2.05, 4.69) is 31.3 Å². The van der Waals surface area contributed by atoms with E-state index in [0.29, 0.717) is 6.04 Å². The molecular weight excluding hydrogens is 182 g/mol. The van der Waals surface area contributed by atoms with Crippen molar-refractivity contribution in [2.45, 2.75) is 58.0 Å². The Hall–Kier alpha value is -0.0100. The molecule has 0 aromatic heterocycles. The number of halogens is 1. The summed E-state index contributed by atoms with van der Waals surface area (Å²) in [5.74, 6) is 0. The van der Waals surface area contributed by atoms with Gasteiger partial charge in [-0.15, -0.1) is 12.4 Å². The van der Waals surface area contributed by atoms with Crippen LogP contribution in [0.3, 0.4) is 0 Å². The maximum Gasteiger partial charge on any atom is 0.0252 e. The largest absolute Gasteiger partial charge is 0.308 e. The van der Waals surface area contributed by atoms with Crippen LogP contribution in [0.4, 0.5) is 0 Å². The molecule has 1 saturated heterocycles. The van der Waals surface area contributed by atoms with Crippen LogP contribution in [0, 0.1) is 0 Å². The molecule has 2 atom stereocenters. The molecule has 0 amide bonds. The van der Waals surface area contributed by atoms with E-state index in [9.17, 15) is 0 Å². The molecule has 0 aliphatic carbocycles. The van der Waals surface area contributed by atoms with Crippen molar-refractivity contribution in [2.75, 3.05) is 0 Å². The third kappa shape index (κ3) is 5.33. The minimum atomic E-state index is 0. The maximum atomic E-state index is 3.59. The summed E-state index contributed by atoms with van der Waals surface area (Å²) < 4.78 is 0. The average molecular weight is 204 g/mol. The summed E-state index contributed by atoms with van der Waals surface area (Å²) in [6, 6.07) is 1.37. The van der Waals surface area contributed by atoms with E-state index in [1.165, 1.54) is 32.1 Å². The highest BCUT2D eigenvalue weighted by atomic mass is 35.5. The van der Waals surface area contributed by atoms with E-state index in [0.717, 1.165) is 6.04 Å². The van der Waals surface area contributed by atoms with Gasteiger partial charge in [-0.25, -0.2) is 0 Å². The summed E-state index contributed by atoms with van der Waals surface area (Å²) in [6.07, 6.45) is 11.2. The first-order valence-corrected chi connectivity index (χ1v) is 5.25. The number of hydrogen-bond donors (Lipinski definition) is 1. The van der Waals surface area contributed by atoms with Gasteiger partial charge in [-0.2, -0.15) is 0 Å². The summed E-state index contributed by atoms with van der Waals surface area (Å²) in [5, 5.41) is 3.59. The second-order valence-electron chi connectivity index (χ2n) is 3.82. The van der Waals surface area contributed by atoms with Crippen molar-refractivity contribution in [3.8, 4) is 0 Å². The SMILES string of the molecule is CCCC=CC1CCCC(C)N1.Cl. The number of allylic oxidation sites excluding steroid dienone is 1. The van der Waals surface area contributed by atoms with Crippen LogP contribution in [-0.2, 0) is 0 Å². The van der Waals surface area contributed by atoms with Crippen molar-refractivity contribution in [2.24, 2.45) is 0 Å². The fourth-order valence-electron chi connectivity index (χ4n) is 1.76. The van der Waals surface area contributed by atoms with Gasteiger partial charge in [0.2, 0.25) is 0 Å². The van der Waals surface area contributed by atoms with Crippen LogP contribution in [0.1, 0.15) is 46.0 Å². The highest BCUT2D eigenvalue weighted by Crippen LogP contribution is 2.13. The van der Waals surface area contributed by atoms with Gasteiger partial charge in [0.15, 0.2) is 0 Å². The van der Waals surface area contributed by atoms with Gasteiger partial charge in [0.05, 0.1) is 0 Å². The Labute approximate surface area is 88.4 Å². The molecule has 0 aromatic rings. The van der Waals surface area contributed by atoms with E-state index in [1.54, 1.807) is 0 Å². The molecule has 1 rings (SSSR count). The van der Waals surface area contributed by atoms with E-state index >= 15 is 0 Å². The van der Waals surface area contributed by atoms with Gasteiger partial charge in [-0.3, -0.25) is 0 Å². The number of unbranched alkanes of at least 4 members (excludes halogenated alkanes) is 1. The fraction of sp³-hybridized carbons (Fsp3) is 0.818. The number of rotatable bonds is 3. The van der Waals surface area contributed by atoms with Crippen LogP contribution < -0.4 is 5.32 Å². The Morgan fingerprint density at radius 1 is 1.38 bits per heavy atom. The molecule has 0 bridgehead atoms. The predicted molar refractivity (Wildman–Crippen MR) is 61.5 cm³/mol. The first kappa shape index (κ1) is 13.0. The molecule has 78 valence electrons. The molecule has 0 aromatic carbocycles. The zero-order chi connectivity index (χ0) is 8.81. The summed E-state index contributed by atoms with van der Waals surface area (Å²) in [6.45, 7) is 4.50. The molecular formula is C11H22ClN. The molecule has 1 aliphatic rings. The number of hydrogen-bond acceptors (Lipinski definition) is 1. The molecule has 1 heterocycles. The van der Waals surface area contributed by atoms with Crippen LogP contribution in [0.2, 0.25) is 0 Å². The van der Waals surface area contributed by atoms with Crippen molar-refractivity contribution in [3.05, 3.63) is 12.2 Å². The lowest BCUT2D eigenvalue weighted by Gasteiger charge is -2.26. The standard InChI is InChI=1S/C11H21N.ClH/c1-3-4-5-8-11-9-6-7-10(2)12-11;/h5,8,10-12H,3-4,6-7,9H2,1-2H3;1H. The lowest BCUT2D eigenvalue weighted by atomic mass is 9.99. The minimum absolute atomic E-state index is 0. The molecule has 13 heavy (non-hydrogen) atoms. The molecule has 1 nitrogen and oxygen atoms in total. The lowest BCUT2D eigenvalue weighted by molar-refractivity contribution is 0.374. The summed E-state index contributed by atoms with van der Waals surface area (Å²) in [4.78, 5) is 0. The number of piperidine rings is 1. The minimum Gasteiger partial charge on any atom is -0.308 e. The normalized spacial score (nSPS) is 28.8. The van der Waals surface area contributed by atoms with E-state index in [-0.39, 0.29) is 12.4 Å². The van der Waals surface area contributed by atoms with Crippen molar-refractivity contribution < 1.29 is 0 Å². The van der Waals surface area contributed by atoms with Gasteiger partial charge in [0, 0.05) is 12.1 Å². The fourth-order valence-corrected chi connectivity index (χ4v) is 1.76. The van der Waals surface area contributed by atoms with E-state index in [4.69, 9.17) is 0 Å². The van der Waals surface area contributed by atoms with Crippen LogP contribution >= 0.6 is 12.4 Å². The topological polar surface area (TPSA) is 12.0 Å². The summed E-state index contributed by atoms with van der Waals surface area (Å²) >= 11 is 0. The van der Waals surface area contributed by atoms with E-state index in [1.807, 2.05) is 0 Å². The second kappa shape index (κ2) is 7.40. The van der Waals surface area contributed by atoms with Gasteiger partial charge >= 0.3 is 0 Å². The van der Waals surface area contributed by atoms with Gasteiger partial charge in [0.25, 0.3) is 0 Å². The van der Waals surface area contributed by atoms with Crippen molar-refractivity contribution in [1.82, 2.24) is 5.32 Å². The highest BCUT2D eigenvalue weighted by molar-refractivity contribution is 5.85. The molecule has 1 N–H and O–H groups in total. The van der Waals surface area contributed by atoms with Crippen molar-refractivity contribution >= 4 is 12.4 Å². The Balaban J connectivity index is 0.00000144. The van der Waals surface area contributed by atoms with Gasteiger partial charge in [-0.1, -0.05) is 31.9 Å². The van der Waals surface area contributed by atoms with Crippen molar-refractivity contribution in [1.29, 1.82) is 0 Å². The second-order valence-corrected chi connectivity index (χ2v) is 3.82. The third-order valence-electron chi connectivity index (χ3n) is 2.47. The summed E-state index contributed by atoms with van der Waals surface area (Å²) in [7, 11) is 0. The average Bonchev–Trinajstić information content (AvgIpc) is 2.05. The molecule has 1 aliphatic heterocycles. The molecule has 0 spiro atoms. The zero-order valence-electron chi connectivity index (χ0n) is 8.75. The van der Waals surface area contributed by atoms with Crippen LogP contribution in [-0.4, -0.2) is 12.1 Å². The molecule has 1 fully saturated rings. The van der Waals surface area contributed by atoms with Gasteiger partial charge in [0.1, 0.15) is 0 Å². The van der Waals surface area contributed by atoms with Gasteiger partial charge < -0.3 is 5.32 Å². The zero-order valence-corrected chi connectivity index (χ0v) is 9.57. The smallest absolute Gasteiger partial charge is 0.0252 e. The van der Waals surface area contributed by atoms with Crippen molar-refractivity contribution in [3.63, 3.8) is 0 Å². The van der Waals surface area contributed by atoms with Crippen LogP contribution in [0.15, 0.2) is 12.2 Å². The first-order valence-electron chi connectivity index (χ1n) is 5.25. The molecule has 2 heteroatoms. The quantitative estimate of drug-likeness (QED) is 0.695. The Morgan fingerprint density at radius 2 is 2.15 bits per heavy atom. The van der Waals surface area contributed by atoms with Crippen LogP contribution in [0.25, 0.3) is 0 Å².